The summed E-state index contributed by atoms with van der Waals surface area (Å²) in [6, 6.07) is 7.96. The molecule has 0 aliphatic heterocycles. The van der Waals surface area contributed by atoms with E-state index in [0.717, 1.165) is 16.1 Å². The first kappa shape index (κ1) is 14.1. The molecule has 0 saturated heterocycles. The van der Waals surface area contributed by atoms with Gasteiger partial charge in [0.15, 0.2) is 0 Å². The molecular weight excluding hydrogens is 281 g/mol. The summed E-state index contributed by atoms with van der Waals surface area (Å²) in [7, 11) is 1.97. The Labute approximate surface area is 123 Å². The van der Waals surface area contributed by atoms with Crippen LogP contribution < -0.4 is 4.90 Å². The highest BCUT2D eigenvalue weighted by molar-refractivity contribution is 6.30. The predicted octanol–water partition coefficient (Wildman–Crippen LogP) is 4.07. The van der Waals surface area contributed by atoms with Crippen molar-refractivity contribution >= 4 is 29.2 Å². The fourth-order valence-electron chi connectivity index (χ4n) is 1.74. The average Bonchev–Trinajstić information content (AvgIpc) is 2.46. The molecule has 0 bridgehead atoms. The molecule has 1 aromatic heterocycles. The Balaban J connectivity index is 2.17. The van der Waals surface area contributed by atoms with Crippen LogP contribution in [0.2, 0.25) is 5.02 Å². The lowest BCUT2D eigenvalue weighted by atomic mass is 10.1. The van der Waals surface area contributed by atoms with Gasteiger partial charge < -0.3 is 4.90 Å². The molecule has 1 atom stereocenters. The van der Waals surface area contributed by atoms with Crippen LogP contribution in [0.1, 0.15) is 24.1 Å². The Kier molecular flexibility index (Phi) is 4.61. The molecule has 0 aliphatic carbocycles. The summed E-state index contributed by atoms with van der Waals surface area (Å²) in [5, 5.41) is 0.737. The summed E-state index contributed by atoms with van der Waals surface area (Å²) in [6.45, 7) is 2.10. The molecule has 1 aromatic carbocycles. The average molecular weight is 296 g/mol. The standard InChI is InChI=1S/C14H15Cl2N3/c1-10(12-3-5-13(16)6-4-12)19(2)14-17-8-11(7-15)9-18-14/h3-6,8-10H,7H2,1-2H3. The number of aromatic nitrogens is 2. The van der Waals surface area contributed by atoms with E-state index in [4.69, 9.17) is 23.2 Å². The van der Waals surface area contributed by atoms with Gasteiger partial charge in [0.25, 0.3) is 0 Å². The van der Waals surface area contributed by atoms with Crippen molar-refractivity contribution in [2.75, 3.05) is 11.9 Å². The zero-order chi connectivity index (χ0) is 13.8. The number of anilines is 1. The maximum absolute atomic E-state index is 5.90. The van der Waals surface area contributed by atoms with Crippen molar-refractivity contribution in [1.29, 1.82) is 0 Å². The summed E-state index contributed by atoms with van der Waals surface area (Å²) < 4.78 is 0. The van der Waals surface area contributed by atoms with Crippen molar-refractivity contribution in [2.45, 2.75) is 18.8 Å². The Bertz CT molecular complexity index is 525. The summed E-state index contributed by atoms with van der Waals surface area (Å²) in [5.74, 6) is 1.10. The molecule has 0 radical (unpaired) electrons. The molecule has 2 rings (SSSR count). The monoisotopic (exact) mass is 295 g/mol. The van der Waals surface area contributed by atoms with Gasteiger partial charge in [-0.3, -0.25) is 0 Å². The van der Waals surface area contributed by atoms with Crippen molar-refractivity contribution in [3.05, 3.63) is 52.8 Å². The van der Waals surface area contributed by atoms with E-state index in [9.17, 15) is 0 Å². The van der Waals surface area contributed by atoms with Crippen molar-refractivity contribution in [2.24, 2.45) is 0 Å². The zero-order valence-corrected chi connectivity index (χ0v) is 12.4. The third-order valence-corrected chi connectivity index (χ3v) is 3.66. The summed E-state index contributed by atoms with van der Waals surface area (Å²) in [4.78, 5) is 10.7. The molecule has 0 fully saturated rings. The Morgan fingerprint density at radius 1 is 1.16 bits per heavy atom. The van der Waals surface area contributed by atoms with Gasteiger partial charge in [-0.05, 0) is 24.6 Å². The van der Waals surface area contributed by atoms with Gasteiger partial charge in [-0.2, -0.15) is 0 Å². The summed E-state index contributed by atoms with van der Waals surface area (Å²) in [6.07, 6.45) is 3.50. The first-order valence-electron chi connectivity index (χ1n) is 5.97. The predicted molar refractivity (Wildman–Crippen MR) is 79.9 cm³/mol. The van der Waals surface area contributed by atoms with Crippen LogP contribution in [-0.4, -0.2) is 17.0 Å². The highest BCUT2D eigenvalue weighted by Gasteiger charge is 2.14. The van der Waals surface area contributed by atoms with Crippen LogP contribution in [0.4, 0.5) is 5.95 Å². The van der Waals surface area contributed by atoms with Crippen molar-refractivity contribution in [3.8, 4) is 0 Å². The topological polar surface area (TPSA) is 29.0 Å². The Morgan fingerprint density at radius 2 is 1.74 bits per heavy atom. The number of hydrogen-bond donors (Lipinski definition) is 0. The molecule has 0 N–H and O–H groups in total. The minimum absolute atomic E-state index is 0.166. The van der Waals surface area contributed by atoms with Crippen LogP contribution in [0.25, 0.3) is 0 Å². The van der Waals surface area contributed by atoms with Crippen LogP contribution in [-0.2, 0) is 5.88 Å². The fourth-order valence-corrected chi connectivity index (χ4v) is 2.00. The quantitative estimate of drug-likeness (QED) is 0.796. The second-order valence-electron chi connectivity index (χ2n) is 4.36. The molecule has 0 amide bonds. The fraction of sp³-hybridized carbons (Fsp3) is 0.286. The van der Waals surface area contributed by atoms with E-state index >= 15 is 0 Å². The van der Waals surface area contributed by atoms with Gasteiger partial charge in [-0.25, -0.2) is 9.97 Å². The molecule has 0 aliphatic rings. The van der Waals surface area contributed by atoms with Gasteiger partial charge in [0.05, 0.1) is 11.9 Å². The molecule has 3 nitrogen and oxygen atoms in total. The number of rotatable bonds is 4. The smallest absolute Gasteiger partial charge is 0.225 e. The minimum Gasteiger partial charge on any atom is -0.337 e. The van der Waals surface area contributed by atoms with Crippen molar-refractivity contribution in [1.82, 2.24) is 9.97 Å². The van der Waals surface area contributed by atoms with E-state index in [1.165, 1.54) is 0 Å². The number of halogens is 2. The molecular formula is C14H15Cl2N3. The highest BCUT2D eigenvalue weighted by Crippen LogP contribution is 2.23. The maximum atomic E-state index is 5.90. The van der Waals surface area contributed by atoms with Gasteiger partial charge >= 0.3 is 0 Å². The van der Waals surface area contributed by atoms with E-state index in [0.29, 0.717) is 11.8 Å². The minimum atomic E-state index is 0.166. The van der Waals surface area contributed by atoms with E-state index in [1.54, 1.807) is 12.4 Å². The first-order valence-corrected chi connectivity index (χ1v) is 6.88. The number of hydrogen-bond acceptors (Lipinski definition) is 3. The molecule has 5 heteroatoms. The maximum Gasteiger partial charge on any atom is 0.225 e. The molecule has 2 aromatic rings. The van der Waals surface area contributed by atoms with Gasteiger partial charge in [0, 0.05) is 30.0 Å². The third kappa shape index (κ3) is 3.37. The lowest BCUT2D eigenvalue weighted by Crippen LogP contribution is -2.23. The van der Waals surface area contributed by atoms with Crippen LogP contribution >= 0.6 is 23.2 Å². The molecule has 100 valence electrons. The van der Waals surface area contributed by atoms with Crippen LogP contribution in [0, 0.1) is 0 Å². The summed E-state index contributed by atoms with van der Waals surface area (Å²) in [5.41, 5.74) is 2.08. The van der Waals surface area contributed by atoms with Crippen molar-refractivity contribution in [3.63, 3.8) is 0 Å². The Morgan fingerprint density at radius 3 is 2.26 bits per heavy atom. The van der Waals surface area contributed by atoms with Gasteiger partial charge in [-0.15, -0.1) is 11.6 Å². The SMILES string of the molecule is CC(c1ccc(Cl)cc1)N(C)c1ncc(CCl)cn1. The van der Waals surface area contributed by atoms with Crippen LogP contribution in [0.3, 0.4) is 0 Å². The van der Waals surface area contributed by atoms with E-state index in [-0.39, 0.29) is 6.04 Å². The van der Waals surface area contributed by atoms with Gasteiger partial charge in [0.1, 0.15) is 0 Å². The Hall–Kier alpha value is -1.32. The molecule has 1 unspecified atom stereocenters. The molecule has 0 saturated carbocycles. The third-order valence-electron chi connectivity index (χ3n) is 3.09. The first-order chi connectivity index (χ1) is 9.11. The lowest BCUT2D eigenvalue weighted by molar-refractivity contribution is 0.714. The van der Waals surface area contributed by atoms with Crippen LogP contribution in [0.15, 0.2) is 36.7 Å². The second-order valence-corrected chi connectivity index (χ2v) is 5.07. The number of benzene rings is 1. The van der Waals surface area contributed by atoms with E-state index in [2.05, 4.69) is 16.9 Å². The number of alkyl halides is 1. The largest absolute Gasteiger partial charge is 0.337 e. The number of nitrogens with zero attached hydrogens (tertiary/aromatic N) is 3. The lowest BCUT2D eigenvalue weighted by Gasteiger charge is -2.25. The van der Waals surface area contributed by atoms with Crippen LogP contribution in [0.5, 0.6) is 0 Å². The van der Waals surface area contributed by atoms with E-state index < -0.39 is 0 Å². The van der Waals surface area contributed by atoms with Gasteiger partial charge in [-0.1, -0.05) is 23.7 Å². The zero-order valence-electron chi connectivity index (χ0n) is 10.8. The molecule has 1 heterocycles. The van der Waals surface area contributed by atoms with Crippen molar-refractivity contribution < 1.29 is 0 Å². The normalized spacial score (nSPS) is 12.2. The van der Waals surface area contributed by atoms with E-state index in [1.807, 2.05) is 36.2 Å². The molecule has 19 heavy (non-hydrogen) atoms. The highest BCUT2D eigenvalue weighted by atomic mass is 35.5. The second kappa shape index (κ2) is 6.22. The summed E-state index contributed by atoms with van der Waals surface area (Å²) >= 11 is 11.6. The van der Waals surface area contributed by atoms with Gasteiger partial charge in [0.2, 0.25) is 5.95 Å². The molecule has 0 spiro atoms.